The molecule has 2 rings (SSSR count). The second kappa shape index (κ2) is 9.25. The van der Waals surface area contributed by atoms with Gasteiger partial charge in [0.2, 0.25) is 5.91 Å². The zero-order valence-electron chi connectivity index (χ0n) is 13.8. The van der Waals surface area contributed by atoms with Crippen LogP contribution < -0.4 is 19.5 Å². The van der Waals surface area contributed by atoms with Crippen molar-refractivity contribution < 1.29 is 19.0 Å². The van der Waals surface area contributed by atoms with Crippen molar-refractivity contribution in [1.82, 2.24) is 5.32 Å². The minimum atomic E-state index is -0.172. The van der Waals surface area contributed by atoms with Crippen molar-refractivity contribution in [2.24, 2.45) is 0 Å². The van der Waals surface area contributed by atoms with Gasteiger partial charge in [0.05, 0.1) is 20.8 Å². The van der Waals surface area contributed by atoms with Crippen molar-refractivity contribution in [3.63, 3.8) is 0 Å². The molecule has 24 heavy (non-hydrogen) atoms. The molecule has 0 unspecified atom stereocenters. The van der Waals surface area contributed by atoms with Crippen LogP contribution in [0.25, 0.3) is 6.08 Å². The maximum Gasteiger partial charge on any atom is 0.244 e. The predicted octanol–water partition coefficient (Wildman–Crippen LogP) is 2.91. The first kappa shape index (κ1) is 17.4. The molecule has 0 saturated heterocycles. The van der Waals surface area contributed by atoms with Crippen LogP contribution in [0.3, 0.4) is 0 Å². The highest BCUT2D eigenvalue weighted by Gasteiger charge is 2.02. The van der Waals surface area contributed by atoms with Crippen LogP contribution in [0.15, 0.2) is 54.6 Å². The molecule has 0 bridgehead atoms. The van der Waals surface area contributed by atoms with E-state index in [0.29, 0.717) is 24.7 Å². The number of methoxy groups -OCH3 is 2. The van der Waals surface area contributed by atoms with E-state index in [1.165, 1.54) is 6.08 Å². The fraction of sp³-hybridized carbons (Fsp3) is 0.211. The van der Waals surface area contributed by atoms with Gasteiger partial charge < -0.3 is 19.5 Å². The molecule has 0 radical (unpaired) electrons. The summed E-state index contributed by atoms with van der Waals surface area (Å²) in [6.45, 7) is 0.770. The van der Waals surface area contributed by atoms with E-state index in [2.05, 4.69) is 5.32 Å². The third kappa shape index (κ3) is 5.35. The summed E-state index contributed by atoms with van der Waals surface area (Å²) >= 11 is 0. The van der Waals surface area contributed by atoms with E-state index in [0.717, 1.165) is 11.3 Å². The van der Waals surface area contributed by atoms with Gasteiger partial charge in [0, 0.05) is 6.08 Å². The molecule has 0 aliphatic rings. The maximum absolute atomic E-state index is 11.8. The smallest absolute Gasteiger partial charge is 0.244 e. The quantitative estimate of drug-likeness (QED) is 0.598. The first-order valence-electron chi connectivity index (χ1n) is 7.58. The molecule has 2 aromatic carbocycles. The van der Waals surface area contributed by atoms with E-state index in [4.69, 9.17) is 14.2 Å². The Kier molecular flexibility index (Phi) is 6.71. The summed E-state index contributed by atoms with van der Waals surface area (Å²) in [5, 5.41) is 2.77. The molecule has 2 aromatic rings. The van der Waals surface area contributed by atoms with Crippen molar-refractivity contribution >= 4 is 12.0 Å². The van der Waals surface area contributed by atoms with Crippen LogP contribution in [0.1, 0.15) is 5.56 Å². The number of amides is 1. The van der Waals surface area contributed by atoms with Gasteiger partial charge in [-0.15, -0.1) is 0 Å². The number of nitrogens with one attached hydrogen (secondary N) is 1. The lowest BCUT2D eigenvalue weighted by Gasteiger charge is -2.10. The maximum atomic E-state index is 11.8. The van der Waals surface area contributed by atoms with Crippen molar-refractivity contribution in [1.29, 1.82) is 0 Å². The van der Waals surface area contributed by atoms with Gasteiger partial charge in [-0.1, -0.05) is 24.3 Å². The lowest BCUT2D eigenvalue weighted by molar-refractivity contribution is -0.116. The number of benzene rings is 2. The molecule has 1 N–H and O–H groups in total. The Labute approximate surface area is 141 Å². The monoisotopic (exact) mass is 327 g/mol. The summed E-state index contributed by atoms with van der Waals surface area (Å²) in [7, 11) is 3.21. The van der Waals surface area contributed by atoms with Gasteiger partial charge in [0.25, 0.3) is 0 Å². The van der Waals surface area contributed by atoms with Crippen LogP contribution in [0.4, 0.5) is 0 Å². The molecule has 0 aromatic heterocycles. The molecule has 0 spiro atoms. The van der Waals surface area contributed by atoms with Gasteiger partial charge >= 0.3 is 0 Å². The summed E-state index contributed by atoms with van der Waals surface area (Å²) in [6, 6.07) is 14.8. The molecule has 1 amide bonds. The second-order valence-corrected chi connectivity index (χ2v) is 4.90. The average Bonchev–Trinajstić information content (AvgIpc) is 2.64. The van der Waals surface area contributed by atoms with E-state index >= 15 is 0 Å². The summed E-state index contributed by atoms with van der Waals surface area (Å²) in [6.07, 6.45) is 3.24. The number of carbonyl (C=O) groups excluding carboxylic acids is 1. The number of rotatable bonds is 8. The largest absolute Gasteiger partial charge is 0.497 e. The minimum Gasteiger partial charge on any atom is -0.497 e. The Morgan fingerprint density at radius 2 is 1.71 bits per heavy atom. The molecule has 126 valence electrons. The molecule has 0 aliphatic heterocycles. The van der Waals surface area contributed by atoms with Crippen molar-refractivity contribution in [2.45, 2.75) is 0 Å². The summed E-state index contributed by atoms with van der Waals surface area (Å²) in [5.41, 5.74) is 0.927. The van der Waals surface area contributed by atoms with Crippen LogP contribution in [-0.4, -0.2) is 33.3 Å². The zero-order valence-corrected chi connectivity index (χ0v) is 13.8. The summed E-state index contributed by atoms with van der Waals surface area (Å²) in [5.74, 6) is 1.94. The van der Waals surface area contributed by atoms with Crippen LogP contribution in [0, 0.1) is 0 Å². The first-order valence-corrected chi connectivity index (χ1v) is 7.58. The van der Waals surface area contributed by atoms with Crippen molar-refractivity contribution in [3.8, 4) is 17.2 Å². The molecular formula is C19H21NO4. The second-order valence-electron chi connectivity index (χ2n) is 4.90. The highest BCUT2D eigenvalue weighted by Crippen LogP contribution is 2.25. The number of ether oxygens (including phenoxy) is 3. The fourth-order valence-corrected chi connectivity index (χ4v) is 2.02. The Hall–Kier alpha value is -2.95. The highest BCUT2D eigenvalue weighted by molar-refractivity contribution is 5.91. The summed E-state index contributed by atoms with van der Waals surface area (Å²) < 4.78 is 15.9. The third-order valence-corrected chi connectivity index (χ3v) is 3.27. The van der Waals surface area contributed by atoms with Crippen LogP contribution >= 0.6 is 0 Å². The molecule has 0 atom stereocenters. The molecular weight excluding hydrogens is 306 g/mol. The first-order chi connectivity index (χ1) is 11.7. The minimum absolute atomic E-state index is 0.172. The summed E-state index contributed by atoms with van der Waals surface area (Å²) in [4.78, 5) is 11.8. The standard InChI is InChI=1S/C19H21NO4/c1-22-16-10-7-15(8-11-16)9-12-19(21)20-13-14-24-18-6-4-3-5-17(18)23-2/h3-12H,13-14H2,1-2H3,(H,20,21)/b12-9-. The van der Waals surface area contributed by atoms with E-state index in [-0.39, 0.29) is 5.91 Å². The Balaban J connectivity index is 1.73. The van der Waals surface area contributed by atoms with E-state index in [9.17, 15) is 4.79 Å². The number of carbonyl (C=O) groups is 1. The molecule has 0 saturated carbocycles. The lowest BCUT2D eigenvalue weighted by atomic mass is 10.2. The van der Waals surface area contributed by atoms with Gasteiger partial charge in [0.1, 0.15) is 12.4 Å². The zero-order chi connectivity index (χ0) is 17.2. The number of hydrogen-bond donors (Lipinski definition) is 1. The van der Waals surface area contributed by atoms with Crippen molar-refractivity contribution in [2.75, 3.05) is 27.4 Å². The van der Waals surface area contributed by atoms with Crippen LogP contribution in [-0.2, 0) is 4.79 Å². The Morgan fingerprint density at radius 3 is 2.38 bits per heavy atom. The SMILES string of the molecule is COc1ccc(/C=C\C(=O)NCCOc2ccccc2OC)cc1. The highest BCUT2D eigenvalue weighted by atomic mass is 16.5. The predicted molar refractivity (Wildman–Crippen MR) is 93.5 cm³/mol. The lowest BCUT2D eigenvalue weighted by Crippen LogP contribution is -2.26. The molecule has 5 nitrogen and oxygen atoms in total. The molecule has 5 heteroatoms. The average molecular weight is 327 g/mol. The topological polar surface area (TPSA) is 56.8 Å². The normalized spacial score (nSPS) is 10.4. The van der Waals surface area contributed by atoms with E-state index < -0.39 is 0 Å². The van der Waals surface area contributed by atoms with Gasteiger partial charge in [-0.3, -0.25) is 4.79 Å². The van der Waals surface area contributed by atoms with Gasteiger partial charge in [-0.25, -0.2) is 0 Å². The van der Waals surface area contributed by atoms with Gasteiger partial charge in [-0.05, 0) is 35.9 Å². The number of hydrogen-bond acceptors (Lipinski definition) is 4. The fourth-order valence-electron chi connectivity index (χ4n) is 2.02. The van der Waals surface area contributed by atoms with E-state index in [1.807, 2.05) is 48.5 Å². The molecule has 0 fully saturated rings. The Morgan fingerprint density at radius 1 is 1.00 bits per heavy atom. The third-order valence-electron chi connectivity index (χ3n) is 3.27. The van der Waals surface area contributed by atoms with Crippen LogP contribution in [0.2, 0.25) is 0 Å². The van der Waals surface area contributed by atoms with Gasteiger partial charge in [0.15, 0.2) is 11.5 Å². The Bertz CT molecular complexity index is 680. The van der Waals surface area contributed by atoms with E-state index in [1.54, 1.807) is 20.3 Å². The van der Waals surface area contributed by atoms with Crippen LogP contribution in [0.5, 0.6) is 17.2 Å². The van der Waals surface area contributed by atoms with Crippen molar-refractivity contribution in [3.05, 3.63) is 60.2 Å². The molecule has 0 heterocycles. The number of para-hydroxylation sites is 2. The van der Waals surface area contributed by atoms with Gasteiger partial charge in [-0.2, -0.15) is 0 Å². The molecule has 0 aliphatic carbocycles.